The van der Waals surface area contributed by atoms with Crippen LogP contribution in [0.15, 0.2) is 22.7 Å². The molecule has 1 aliphatic heterocycles. The molecule has 1 atom stereocenters. The van der Waals surface area contributed by atoms with E-state index in [1.54, 1.807) is 14.2 Å². The van der Waals surface area contributed by atoms with E-state index in [1.807, 2.05) is 6.07 Å². The quantitative estimate of drug-likeness (QED) is 0.853. The van der Waals surface area contributed by atoms with Crippen LogP contribution in [0.3, 0.4) is 0 Å². The van der Waals surface area contributed by atoms with Crippen molar-refractivity contribution in [1.29, 1.82) is 0 Å². The Labute approximate surface area is 111 Å². The summed E-state index contributed by atoms with van der Waals surface area (Å²) in [7, 11) is 3.50. The van der Waals surface area contributed by atoms with Gasteiger partial charge >= 0.3 is 0 Å². The van der Waals surface area contributed by atoms with Crippen molar-refractivity contribution in [3.05, 3.63) is 28.2 Å². The summed E-state index contributed by atoms with van der Waals surface area (Å²) in [5, 5.41) is 0. The Morgan fingerprint density at radius 3 is 2.88 bits per heavy atom. The standard InChI is InChI=1S/C13H18BrNO2/c1-16-12-5-6-15(9-12)8-10-3-4-11(14)7-13(10)17-2/h3-4,7,12H,5-6,8-9H2,1-2H3. The minimum absolute atomic E-state index is 0.386. The molecule has 0 bridgehead atoms. The van der Waals surface area contributed by atoms with Crippen LogP contribution in [0.4, 0.5) is 0 Å². The second-order valence-corrected chi connectivity index (χ2v) is 5.25. The molecule has 1 fully saturated rings. The van der Waals surface area contributed by atoms with E-state index in [1.165, 1.54) is 5.56 Å². The maximum Gasteiger partial charge on any atom is 0.124 e. The summed E-state index contributed by atoms with van der Waals surface area (Å²) in [6, 6.07) is 6.18. The molecule has 0 radical (unpaired) electrons. The molecule has 17 heavy (non-hydrogen) atoms. The maximum atomic E-state index is 5.40. The van der Waals surface area contributed by atoms with Gasteiger partial charge in [-0.15, -0.1) is 0 Å². The van der Waals surface area contributed by atoms with Crippen LogP contribution in [-0.2, 0) is 11.3 Å². The summed E-state index contributed by atoms with van der Waals surface area (Å²) in [4.78, 5) is 2.40. The number of nitrogens with zero attached hydrogens (tertiary/aromatic N) is 1. The lowest BCUT2D eigenvalue weighted by molar-refractivity contribution is 0.107. The van der Waals surface area contributed by atoms with Gasteiger partial charge in [0.25, 0.3) is 0 Å². The Balaban J connectivity index is 2.03. The first-order valence-corrected chi connectivity index (χ1v) is 6.60. The second-order valence-electron chi connectivity index (χ2n) is 4.34. The fraction of sp³-hybridized carbons (Fsp3) is 0.538. The molecule has 1 unspecified atom stereocenters. The molecular weight excluding hydrogens is 282 g/mol. The average molecular weight is 300 g/mol. The number of methoxy groups -OCH3 is 2. The van der Waals surface area contributed by atoms with Crippen molar-refractivity contribution in [3.63, 3.8) is 0 Å². The van der Waals surface area contributed by atoms with Gasteiger partial charge in [0.1, 0.15) is 5.75 Å². The van der Waals surface area contributed by atoms with Crippen LogP contribution < -0.4 is 4.74 Å². The van der Waals surface area contributed by atoms with Gasteiger partial charge in [0.05, 0.1) is 13.2 Å². The number of hydrogen-bond donors (Lipinski definition) is 0. The first kappa shape index (κ1) is 12.9. The van der Waals surface area contributed by atoms with Crippen LogP contribution in [0.5, 0.6) is 5.75 Å². The molecule has 1 aromatic carbocycles. The van der Waals surface area contributed by atoms with Crippen LogP contribution in [0.25, 0.3) is 0 Å². The van der Waals surface area contributed by atoms with E-state index < -0.39 is 0 Å². The zero-order valence-corrected chi connectivity index (χ0v) is 11.9. The Bertz CT molecular complexity index is 384. The van der Waals surface area contributed by atoms with Gasteiger partial charge in [-0.3, -0.25) is 4.90 Å². The molecule has 0 spiro atoms. The van der Waals surface area contributed by atoms with Gasteiger partial charge in [-0.05, 0) is 18.6 Å². The predicted molar refractivity (Wildman–Crippen MR) is 71.4 cm³/mol. The second kappa shape index (κ2) is 5.85. The molecule has 0 N–H and O–H groups in total. The molecule has 0 saturated carbocycles. The largest absolute Gasteiger partial charge is 0.496 e. The fourth-order valence-corrected chi connectivity index (χ4v) is 2.56. The Hall–Kier alpha value is -0.580. The third-order valence-corrected chi connectivity index (χ3v) is 3.70. The molecule has 94 valence electrons. The summed E-state index contributed by atoms with van der Waals surface area (Å²) in [5.74, 6) is 0.945. The lowest BCUT2D eigenvalue weighted by atomic mass is 10.2. The normalized spacial score (nSPS) is 20.8. The van der Waals surface area contributed by atoms with Crippen molar-refractivity contribution in [2.24, 2.45) is 0 Å². The average Bonchev–Trinajstić information content (AvgIpc) is 2.79. The summed E-state index contributed by atoms with van der Waals surface area (Å²) in [5.41, 5.74) is 1.23. The zero-order chi connectivity index (χ0) is 12.3. The van der Waals surface area contributed by atoms with E-state index in [0.29, 0.717) is 6.10 Å². The smallest absolute Gasteiger partial charge is 0.124 e. The van der Waals surface area contributed by atoms with E-state index in [0.717, 1.165) is 36.3 Å². The third-order valence-electron chi connectivity index (χ3n) is 3.21. The van der Waals surface area contributed by atoms with Crippen LogP contribution in [-0.4, -0.2) is 38.3 Å². The van der Waals surface area contributed by atoms with Crippen LogP contribution in [0.1, 0.15) is 12.0 Å². The van der Waals surface area contributed by atoms with Crippen LogP contribution in [0, 0.1) is 0 Å². The Morgan fingerprint density at radius 1 is 1.41 bits per heavy atom. The Kier molecular flexibility index (Phi) is 4.42. The van der Waals surface area contributed by atoms with Crippen LogP contribution in [0.2, 0.25) is 0 Å². The van der Waals surface area contributed by atoms with Gasteiger partial charge in [0.2, 0.25) is 0 Å². The minimum atomic E-state index is 0.386. The van der Waals surface area contributed by atoms with Gasteiger partial charge in [-0.2, -0.15) is 0 Å². The van der Waals surface area contributed by atoms with Crippen LogP contribution >= 0.6 is 15.9 Å². The number of hydrogen-bond acceptors (Lipinski definition) is 3. The number of likely N-dealkylation sites (tertiary alicyclic amines) is 1. The molecule has 0 amide bonds. The molecule has 1 saturated heterocycles. The number of benzene rings is 1. The van der Waals surface area contributed by atoms with Crippen molar-refractivity contribution in [2.75, 3.05) is 27.3 Å². The molecule has 4 heteroatoms. The minimum Gasteiger partial charge on any atom is -0.496 e. The van der Waals surface area contributed by atoms with E-state index in [2.05, 4.69) is 33.0 Å². The van der Waals surface area contributed by atoms with Gasteiger partial charge in [0.15, 0.2) is 0 Å². The first-order valence-electron chi connectivity index (χ1n) is 5.80. The van der Waals surface area contributed by atoms with Gasteiger partial charge in [-0.25, -0.2) is 0 Å². The third kappa shape index (κ3) is 3.21. The van der Waals surface area contributed by atoms with E-state index in [9.17, 15) is 0 Å². The van der Waals surface area contributed by atoms with Crippen molar-refractivity contribution in [3.8, 4) is 5.75 Å². The number of rotatable bonds is 4. The van der Waals surface area contributed by atoms with Crippen molar-refractivity contribution in [2.45, 2.75) is 19.1 Å². The maximum absolute atomic E-state index is 5.40. The van der Waals surface area contributed by atoms with E-state index >= 15 is 0 Å². The van der Waals surface area contributed by atoms with Crippen molar-refractivity contribution in [1.82, 2.24) is 4.90 Å². The monoisotopic (exact) mass is 299 g/mol. The molecule has 1 aromatic rings. The number of ether oxygens (including phenoxy) is 2. The first-order chi connectivity index (χ1) is 8.22. The Morgan fingerprint density at radius 2 is 2.24 bits per heavy atom. The van der Waals surface area contributed by atoms with Gasteiger partial charge < -0.3 is 9.47 Å². The van der Waals surface area contributed by atoms with Gasteiger partial charge in [-0.1, -0.05) is 22.0 Å². The zero-order valence-electron chi connectivity index (χ0n) is 10.3. The molecule has 2 rings (SSSR count). The molecular formula is C13H18BrNO2. The van der Waals surface area contributed by atoms with Crippen molar-refractivity contribution < 1.29 is 9.47 Å². The highest BCUT2D eigenvalue weighted by Gasteiger charge is 2.22. The fourth-order valence-electron chi connectivity index (χ4n) is 2.22. The molecule has 0 aliphatic carbocycles. The molecule has 1 aliphatic rings. The summed E-state index contributed by atoms with van der Waals surface area (Å²) in [6.07, 6.45) is 1.51. The summed E-state index contributed by atoms with van der Waals surface area (Å²) >= 11 is 3.46. The molecule has 3 nitrogen and oxygen atoms in total. The van der Waals surface area contributed by atoms with Gasteiger partial charge in [0, 0.05) is 36.8 Å². The highest BCUT2D eigenvalue weighted by molar-refractivity contribution is 9.10. The predicted octanol–water partition coefficient (Wildman–Crippen LogP) is 2.68. The molecule has 1 heterocycles. The SMILES string of the molecule is COc1cc(Br)ccc1CN1CCC(OC)C1. The highest BCUT2D eigenvalue weighted by Crippen LogP contribution is 2.26. The van der Waals surface area contributed by atoms with E-state index in [4.69, 9.17) is 9.47 Å². The van der Waals surface area contributed by atoms with E-state index in [-0.39, 0.29) is 0 Å². The summed E-state index contributed by atoms with van der Waals surface area (Å²) in [6.45, 7) is 3.03. The lowest BCUT2D eigenvalue weighted by Gasteiger charge is -2.17. The highest BCUT2D eigenvalue weighted by atomic mass is 79.9. The topological polar surface area (TPSA) is 21.7 Å². The summed E-state index contributed by atoms with van der Waals surface area (Å²) < 4.78 is 11.8. The number of halogens is 1. The lowest BCUT2D eigenvalue weighted by Crippen LogP contribution is -2.22. The van der Waals surface area contributed by atoms with Crippen molar-refractivity contribution >= 4 is 15.9 Å². The molecule has 0 aromatic heterocycles.